The van der Waals surface area contributed by atoms with E-state index in [1.54, 1.807) is 18.3 Å². The van der Waals surface area contributed by atoms with Gasteiger partial charge in [0.25, 0.3) is 5.91 Å². The summed E-state index contributed by atoms with van der Waals surface area (Å²) in [5, 5.41) is 3.46. The number of fused-ring (bicyclic) bond motifs is 2. The molecule has 1 atom stereocenters. The first-order valence-electron chi connectivity index (χ1n) is 8.91. The molecule has 7 nitrogen and oxygen atoms in total. The lowest BCUT2D eigenvalue weighted by atomic mass is 10.0. The van der Waals surface area contributed by atoms with Crippen molar-refractivity contribution in [3.8, 4) is 17.2 Å². The maximum absolute atomic E-state index is 13.3. The topological polar surface area (TPSA) is 73.2 Å². The second kappa shape index (κ2) is 6.53. The highest BCUT2D eigenvalue weighted by molar-refractivity contribution is 6.01. The summed E-state index contributed by atoms with van der Waals surface area (Å²) in [5.74, 6) is 2.36. The van der Waals surface area contributed by atoms with Crippen LogP contribution >= 0.6 is 0 Å². The van der Waals surface area contributed by atoms with Gasteiger partial charge in [-0.25, -0.2) is 0 Å². The second-order valence-corrected chi connectivity index (χ2v) is 6.56. The van der Waals surface area contributed by atoms with Crippen LogP contribution in [-0.4, -0.2) is 24.7 Å². The Labute approximate surface area is 161 Å². The van der Waals surface area contributed by atoms with Crippen LogP contribution in [0, 0.1) is 0 Å². The van der Waals surface area contributed by atoms with Gasteiger partial charge in [0, 0.05) is 11.3 Å². The molecule has 2 aliphatic heterocycles. The van der Waals surface area contributed by atoms with Gasteiger partial charge >= 0.3 is 0 Å². The molecule has 2 aromatic carbocycles. The van der Waals surface area contributed by atoms with Crippen molar-refractivity contribution in [2.24, 2.45) is 0 Å². The van der Waals surface area contributed by atoms with Crippen molar-refractivity contribution < 1.29 is 23.4 Å². The number of methoxy groups -OCH3 is 1. The summed E-state index contributed by atoms with van der Waals surface area (Å²) in [7, 11) is 1.58. The number of nitrogens with one attached hydrogen (secondary N) is 1. The van der Waals surface area contributed by atoms with E-state index in [4.69, 9.17) is 18.6 Å². The predicted molar refractivity (Wildman–Crippen MR) is 101 cm³/mol. The van der Waals surface area contributed by atoms with Crippen LogP contribution in [0.4, 0.5) is 5.69 Å². The highest BCUT2D eigenvalue weighted by atomic mass is 16.7. The Balaban J connectivity index is 1.60. The third kappa shape index (κ3) is 2.63. The Morgan fingerprint density at radius 2 is 2.07 bits per heavy atom. The van der Waals surface area contributed by atoms with Crippen LogP contribution in [-0.2, 0) is 6.54 Å². The largest absolute Gasteiger partial charge is 0.493 e. The van der Waals surface area contributed by atoms with Crippen LogP contribution in [0.2, 0.25) is 0 Å². The van der Waals surface area contributed by atoms with Crippen molar-refractivity contribution in [3.05, 3.63) is 71.7 Å². The smallest absolute Gasteiger partial charge is 0.258 e. The molecular formula is C21H18N2O5. The summed E-state index contributed by atoms with van der Waals surface area (Å²) in [4.78, 5) is 15.0. The molecule has 0 radical (unpaired) electrons. The molecule has 1 amide bonds. The lowest BCUT2D eigenvalue weighted by molar-refractivity contribution is 0.0651. The fourth-order valence-electron chi connectivity index (χ4n) is 3.60. The monoisotopic (exact) mass is 378 g/mol. The molecule has 1 N–H and O–H groups in total. The second-order valence-electron chi connectivity index (χ2n) is 6.56. The van der Waals surface area contributed by atoms with E-state index in [1.807, 2.05) is 48.5 Å². The van der Waals surface area contributed by atoms with Crippen molar-refractivity contribution in [1.29, 1.82) is 0 Å². The Kier molecular flexibility index (Phi) is 3.86. The molecule has 0 aliphatic carbocycles. The zero-order valence-corrected chi connectivity index (χ0v) is 15.2. The Morgan fingerprint density at radius 3 is 2.89 bits per heavy atom. The predicted octanol–water partition coefficient (Wildman–Crippen LogP) is 3.78. The molecule has 5 rings (SSSR count). The van der Waals surface area contributed by atoms with Crippen molar-refractivity contribution in [1.82, 2.24) is 4.90 Å². The molecule has 7 heteroatoms. The van der Waals surface area contributed by atoms with Crippen molar-refractivity contribution in [3.63, 3.8) is 0 Å². The minimum absolute atomic E-state index is 0.0765. The molecule has 3 aromatic rings. The molecular weight excluding hydrogens is 360 g/mol. The van der Waals surface area contributed by atoms with Gasteiger partial charge in [-0.3, -0.25) is 4.79 Å². The van der Waals surface area contributed by atoms with E-state index in [-0.39, 0.29) is 12.7 Å². The highest BCUT2D eigenvalue weighted by Gasteiger charge is 2.35. The standard InChI is InChI=1S/C21H18N2O5/c1-25-17-9-13(10-18-19(17)28-12-27-18)20-22-16-7-3-2-6-15(16)21(24)23(20)11-14-5-4-8-26-14/h2-10,20,22H,11-12H2,1H3/t20-/m1/s1. The summed E-state index contributed by atoms with van der Waals surface area (Å²) >= 11 is 0. The van der Waals surface area contributed by atoms with E-state index in [2.05, 4.69) is 5.32 Å². The number of carbonyl (C=O) groups is 1. The van der Waals surface area contributed by atoms with Crippen molar-refractivity contribution in [2.45, 2.75) is 12.7 Å². The molecule has 0 fully saturated rings. The van der Waals surface area contributed by atoms with E-state index in [0.29, 0.717) is 35.1 Å². The quantitative estimate of drug-likeness (QED) is 0.745. The van der Waals surface area contributed by atoms with Crippen LogP contribution in [0.3, 0.4) is 0 Å². The summed E-state index contributed by atoms with van der Waals surface area (Å²) < 4.78 is 22.0. The van der Waals surface area contributed by atoms with Gasteiger partial charge in [-0.1, -0.05) is 12.1 Å². The number of carbonyl (C=O) groups excluding carboxylic acids is 1. The molecule has 142 valence electrons. The van der Waals surface area contributed by atoms with Crippen molar-refractivity contribution >= 4 is 11.6 Å². The molecule has 1 aromatic heterocycles. The first kappa shape index (κ1) is 16.6. The number of ether oxygens (including phenoxy) is 3. The first-order valence-corrected chi connectivity index (χ1v) is 8.91. The number of para-hydroxylation sites is 1. The first-order chi connectivity index (χ1) is 13.7. The van der Waals surface area contributed by atoms with E-state index >= 15 is 0 Å². The zero-order chi connectivity index (χ0) is 19.1. The number of hydrogen-bond acceptors (Lipinski definition) is 6. The summed E-state index contributed by atoms with van der Waals surface area (Å²) in [6, 6.07) is 14.9. The SMILES string of the molecule is COc1cc([C@@H]2Nc3ccccc3C(=O)N2Cc2ccco2)cc2c1OCO2. The number of anilines is 1. The van der Waals surface area contributed by atoms with Gasteiger partial charge < -0.3 is 28.8 Å². The van der Waals surface area contributed by atoms with Gasteiger partial charge in [0.05, 0.1) is 25.5 Å². The Hall–Kier alpha value is -3.61. The van der Waals surface area contributed by atoms with Gasteiger partial charge in [-0.2, -0.15) is 0 Å². The van der Waals surface area contributed by atoms with Gasteiger partial charge in [0.1, 0.15) is 11.9 Å². The number of nitrogens with zero attached hydrogens (tertiary/aromatic N) is 1. The van der Waals surface area contributed by atoms with Crippen LogP contribution in [0.5, 0.6) is 17.2 Å². The molecule has 0 spiro atoms. The fraction of sp³-hybridized carbons (Fsp3) is 0.190. The fourth-order valence-corrected chi connectivity index (χ4v) is 3.60. The van der Waals surface area contributed by atoms with Crippen LogP contribution in [0.1, 0.15) is 27.8 Å². The van der Waals surface area contributed by atoms with E-state index in [0.717, 1.165) is 11.3 Å². The van der Waals surface area contributed by atoms with Gasteiger partial charge in [-0.15, -0.1) is 0 Å². The maximum atomic E-state index is 13.3. The third-order valence-corrected chi connectivity index (χ3v) is 4.92. The van der Waals surface area contributed by atoms with Gasteiger partial charge in [-0.05, 0) is 36.4 Å². The Bertz CT molecular complexity index is 1030. The lowest BCUT2D eigenvalue weighted by Gasteiger charge is -2.37. The number of furan rings is 1. The molecule has 2 aliphatic rings. The summed E-state index contributed by atoms with van der Waals surface area (Å²) in [6.45, 7) is 0.472. The zero-order valence-electron chi connectivity index (χ0n) is 15.2. The third-order valence-electron chi connectivity index (χ3n) is 4.92. The average molecular weight is 378 g/mol. The highest BCUT2D eigenvalue weighted by Crippen LogP contribution is 2.45. The van der Waals surface area contributed by atoms with Crippen LogP contribution in [0.15, 0.2) is 59.2 Å². The minimum Gasteiger partial charge on any atom is -0.493 e. The van der Waals surface area contributed by atoms with Gasteiger partial charge in [0.15, 0.2) is 11.5 Å². The van der Waals surface area contributed by atoms with E-state index in [9.17, 15) is 4.79 Å². The molecule has 0 saturated heterocycles. The molecule has 3 heterocycles. The normalized spacial score (nSPS) is 17.2. The van der Waals surface area contributed by atoms with E-state index < -0.39 is 6.17 Å². The minimum atomic E-state index is -0.420. The Morgan fingerprint density at radius 1 is 1.18 bits per heavy atom. The van der Waals surface area contributed by atoms with Crippen LogP contribution < -0.4 is 19.5 Å². The number of amides is 1. The van der Waals surface area contributed by atoms with Gasteiger partial charge in [0.2, 0.25) is 12.5 Å². The molecule has 0 saturated carbocycles. The molecule has 0 bridgehead atoms. The van der Waals surface area contributed by atoms with E-state index in [1.165, 1.54) is 0 Å². The number of hydrogen-bond donors (Lipinski definition) is 1. The average Bonchev–Trinajstić information content (AvgIpc) is 3.41. The lowest BCUT2D eigenvalue weighted by Crippen LogP contribution is -2.42. The molecule has 28 heavy (non-hydrogen) atoms. The maximum Gasteiger partial charge on any atom is 0.258 e. The van der Waals surface area contributed by atoms with Crippen LogP contribution in [0.25, 0.3) is 0 Å². The molecule has 0 unspecified atom stereocenters. The number of benzene rings is 2. The summed E-state index contributed by atoms with van der Waals surface area (Å²) in [6.07, 6.45) is 1.18. The summed E-state index contributed by atoms with van der Waals surface area (Å²) in [5.41, 5.74) is 2.23. The van der Waals surface area contributed by atoms with Crippen molar-refractivity contribution in [2.75, 3.05) is 19.2 Å². The number of rotatable bonds is 4.